The van der Waals surface area contributed by atoms with Gasteiger partial charge in [-0.05, 0) is 24.1 Å². The van der Waals surface area contributed by atoms with Gasteiger partial charge in [-0.3, -0.25) is 4.98 Å². The fraction of sp³-hybridized carbons (Fsp3) is 0.250. The van der Waals surface area contributed by atoms with Crippen LogP contribution in [0, 0.1) is 0 Å². The summed E-state index contributed by atoms with van der Waals surface area (Å²) in [5.41, 5.74) is 8.65. The summed E-state index contributed by atoms with van der Waals surface area (Å²) in [4.78, 5) is 12.4. The summed E-state index contributed by atoms with van der Waals surface area (Å²) >= 11 is 0. The van der Waals surface area contributed by atoms with Crippen molar-refractivity contribution in [3.63, 3.8) is 0 Å². The first kappa shape index (κ1) is 10.5. The second kappa shape index (κ2) is 4.70. The summed E-state index contributed by atoms with van der Waals surface area (Å²) in [6, 6.07) is 5.97. The first-order chi connectivity index (χ1) is 7.78. The smallest absolute Gasteiger partial charge is 0.220 e. The molecule has 0 fully saturated rings. The van der Waals surface area contributed by atoms with Gasteiger partial charge in [0.1, 0.15) is 0 Å². The largest absolute Gasteiger partial charge is 0.368 e. The highest BCUT2D eigenvalue weighted by Crippen LogP contribution is 2.06. The third-order valence-corrected chi connectivity index (χ3v) is 2.39. The molecule has 2 aromatic heterocycles. The quantitative estimate of drug-likeness (QED) is 0.843. The van der Waals surface area contributed by atoms with Gasteiger partial charge in [0.2, 0.25) is 5.95 Å². The summed E-state index contributed by atoms with van der Waals surface area (Å²) < 4.78 is 0. The summed E-state index contributed by atoms with van der Waals surface area (Å²) in [7, 11) is 0. The fourth-order valence-electron chi connectivity index (χ4n) is 1.47. The van der Waals surface area contributed by atoms with Gasteiger partial charge in [0.25, 0.3) is 0 Å². The summed E-state index contributed by atoms with van der Waals surface area (Å²) in [5.74, 6) is 0.308. The Morgan fingerprint density at radius 1 is 1.12 bits per heavy atom. The SMILES string of the molecule is CCc1ccc(Cc2ccnc(N)n2)nc1. The number of hydrogen-bond donors (Lipinski definition) is 1. The molecule has 0 aromatic carbocycles. The van der Waals surface area contributed by atoms with Crippen LogP contribution >= 0.6 is 0 Å². The van der Waals surface area contributed by atoms with Gasteiger partial charge in [0.05, 0.1) is 5.69 Å². The van der Waals surface area contributed by atoms with E-state index in [-0.39, 0.29) is 0 Å². The Morgan fingerprint density at radius 2 is 2.00 bits per heavy atom. The van der Waals surface area contributed by atoms with Crippen LogP contribution in [0.3, 0.4) is 0 Å². The van der Waals surface area contributed by atoms with Crippen molar-refractivity contribution in [2.45, 2.75) is 19.8 Å². The monoisotopic (exact) mass is 214 g/mol. The van der Waals surface area contributed by atoms with E-state index in [1.54, 1.807) is 6.20 Å². The Balaban J connectivity index is 2.14. The normalized spacial score (nSPS) is 10.3. The third kappa shape index (κ3) is 2.53. The van der Waals surface area contributed by atoms with E-state index in [9.17, 15) is 0 Å². The van der Waals surface area contributed by atoms with Crippen LogP contribution in [0.1, 0.15) is 23.9 Å². The number of anilines is 1. The molecule has 0 unspecified atom stereocenters. The van der Waals surface area contributed by atoms with Gasteiger partial charge in [0.15, 0.2) is 0 Å². The van der Waals surface area contributed by atoms with Crippen LogP contribution in [-0.2, 0) is 12.8 Å². The van der Waals surface area contributed by atoms with E-state index in [0.717, 1.165) is 17.8 Å². The molecule has 2 aromatic rings. The van der Waals surface area contributed by atoms with E-state index < -0.39 is 0 Å². The zero-order valence-electron chi connectivity index (χ0n) is 9.22. The van der Waals surface area contributed by atoms with E-state index >= 15 is 0 Å². The van der Waals surface area contributed by atoms with Gasteiger partial charge < -0.3 is 5.73 Å². The number of rotatable bonds is 3. The zero-order chi connectivity index (χ0) is 11.4. The van der Waals surface area contributed by atoms with Crippen LogP contribution in [0.4, 0.5) is 5.95 Å². The Morgan fingerprint density at radius 3 is 2.62 bits per heavy atom. The van der Waals surface area contributed by atoms with Crippen molar-refractivity contribution >= 4 is 5.95 Å². The van der Waals surface area contributed by atoms with Gasteiger partial charge in [-0.25, -0.2) is 9.97 Å². The van der Waals surface area contributed by atoms with Crippen molar-refractivity contribution in [3.05, 3.63) is 47.5 Å². The van der Waals surface area contributed by atoms with Crippen LogP contribution in [0.25, 0.3) is 0 Å². The molecule has 82 valence electrons. The molecule has 4 nitrogen and oxygen atoms in total. The van der Waals surface area contributed by atoms with E-state index in [0.29, 0.717) is 12.4 Å². The third-order valence-electron chi connectivity index (χ3n) is 2.39. The van der Waals surface area contributed by atoms with Crippen LogP contribution < -0.4 is 5.73 Å². The Bertz CT molecular complexity index is 465. The molecule has 0 amide bonds. The minimum atomic E-state index is 0.308. The van der Waals surface area contributed by atoms with Gasteiger partial charge in [-0.1, -0.05) is 13.0 Å². The molecule has 2 rings (SSSR count). The van der Waals surface area contributed by atoms with E-state index in [1.807, 2.05) is 18.3 Å². The Labute approximate surface area is 94.6 Å². The molecule has 16 heavy (non-hydrogen) atoms. The average Bonchev–Trinajstić information content (AvgIpc) is 2.30. The number of nitrogens with zero attached hydrogens (tertiary/aromatic N) is 3. The second-order valence-corrected chi connectivity index (χ2v) is 3.59. The lowest BCUT2D eigenvalue weighted by Gasteiger charge is -2.02. The molecular formula is C12H14N4. The fourth-order valence-corrected chi connectivity index (χ4v) is 1.47. The van der Waals surface area contributed by atoms with E-state index in [4.69, 9.17) is 5.73 Å². The number of pyridine rings is 1. The molecule has 2 heterocycles. The number of nitrogens with two attached hydrogens (primary N) is 1. The molecular weight excluding hydrogens is 200 g/mol. The van der Waals surface area contributed by atoms with Gasteiger partial charge in [0, 0.05) is 24.5 Å². The molecule has 0 bridgehead atoms. The molecule has 0 aliphatic carbocycles. The van der Waals surface area contributed by atoms with Crippen molar-refractivity contribution < 1.29 is 0 Å². The average molecular weight is 214 g/mol. The lowest BCUT2D eigenvalue weighted by molar-refractivity contribution is 0.979. The first-order valence-corrected chi connectivity index (χ1v) is 5.29. The van der Waals surface area contributed by atoms with Crippen LogP contribution in [0.2, 0.25) is 0 Å². The molecule has 0 atom stereocenters. The maximum atomic E-state index is 5.52. The standard InChI is InChI=1S/C12H14N4/c1-2-9-3-4-10(15-8-9)7-11-5-6-14-12(13)16-11/h3-6,8H,2,7H2,1H3,(H2,13,14,16). The molecule has 0 radical (unpaired) electrons. The lowest BCUT2D eigenvalue weighted by atomic mass is 10.1. The van der Waals surface area contributed by atoms with Crippen molar-refractivity contribution in [3.8, 4) is 0 Å². The molecule has 0 aliphatic heterocycles. The first-order valence-electron chi connectivity index (χ1n) is 5.29. The second-order valence-electron chi connectivity index (χ2n) is 3.59. The van der Waals surface area contributed by atoms with Crippen LogP contribution in [0.15, 0.2) is 30.6 Å². The maximum absolute atomic E-state index is 5.52. The van der Waals surface area contributed by atoms with Crippen molar-refractivity contribution in [2.75, 3.05) is 5.73 Å². The molecule has 0 saturated heterocycles. The number of nitrogen functional groups attached to an aromatic ring is 1. The summed E-state index contributed by atoms with van der Waals surface area (Å²) in [5, 5.41) is 0. The topological polar surface area (TPSA) is 64.7 Å². The highest BCUT2D eigenvalue weighted by atomic mass is 15.0. The summed E-state index contributed by atoms with van der Waals surface area (Å²) in [6.07, 6.45) is 5.27. The number of aryl methyl sites for hydroxylation is 1. The van der Waals surface area contributed by atoms with Crippen LogP contribution in [0.5, 0.6) is 0 Å². The zero-order valence-corrected chi connectivity index (χ0v) is 9.22. The maximum Gasteiger partial charge on any atom is 0.220 e. The van der Waals surface area contributed by atoms with Crippen molar-refractivity contribution in [1.82, 2.24) is 15.0 Å². The molecule has 0 spiro atoms. The predicted molar refractivity (Wildman–Crippen MR) is 62.9 cm³/mol. The Hall–Kier alpha value is -1.97. The Kier molecular flexibility index (Phi) is 3.10. The lowest BCUT2D eigenvalue weighted by Crippen LogP contribution is -2.00. The van der Waals surface area contributed by atoms with E-state index in [1.165, 1.54) is 5.56 Å². The van der Waals surface area contributed by atoms with Crippen molar-refractivity contribution in [2.24, 2.45) is 0 Å². The highest BCUT2D eigenvalue weighted by molar-refractivity contribution is 5.22. The number of aromatic nitrogens is 3. The van der Waals surface area contributed by atoms with Crippen LogP contribution in [-0.4, -0.2) is 15.0 Å². The minimum Gasteiger partial charge on any atom is -0.368 e. The molecule has 2 N–H and O–H groups in total. The molecule has 4 heteroatoms. The number of hydrogen-bond acceptors (Lipinski definition) is 4. The minimum absolute atomic E-state index is 0.308. The summed E-state index contributed by atoms with van der Waals surface area (Å²) in [6.45, 7) is 2.11. The van der Waals surface area contributed by atoms with Gasteiger partial charge >= 0.3 is 0 Å². The van der Waals surface area contributed by atoms with Gasteiger partial charge in [-0.15, -0.1) is 0 Å². The molecule has 0 aliphatic rings. The highest BCUT2D eigenvalue weighted by Gasteiger charge is 2.00. The van der Waals surface area contributed by atoms with E-state index in [2.05, 4.69) is 27.9 Å². The van der Waals surface area contributed by atoms with Gasteiger partial charge in [-0.2, -0.15) is 0 Å². The molecule has 0 saturated carbocycles. The van der Waals surface area contributed by atoms with Crippen molar-refractivity contribution in [1.29, 1.82) is 0 Å². The predicted octanol–water partition coefficient (Wildman–Crippen LogP) is 1.61.